The number of nitrogens with two attached hydrogens (primary N) is 1. The van der Waals surface area contributed by atoms with Crippen molar-refractivity contribution in [2.75, 3.05) is 27.1 Å². The average Bonchev–Trinajstić information content (AvgIpc) is 2.30. The summed E-state index contributed by atoms with van der Waals surface area (Å²) in [6.45, 7) is 1.04. The molecule has 0 bridgehead atoms. The number of rotatable bonds is 7. The van der Waals surface area contributed by atoms with E-state index in [2.05, 4.69) is 15.9 Å². The Morgan fingerprint density at radius 2 is 2.18 bits per heavy atom. The van der Waals surface area contributed by atoms with Gasteiger partial charge in [0, 0.05) is 12.7 Å². The standard InChI is InChI=1S/C11H14BrNO4/c1-15-4-5-16-7-17-10-6-8(11(13)14)2-3-9(10)12/h2-3,6H,4-5,7H2,1H3,(H2,13,14). The molecule has 0 atom stereocenters. The monoisotopic (exact) mass is 303 g/mol. The van der Waals surface area contributed by atoms with Gasteiger partial charge in [-0.1, -0.05) is 0 Å². The molecule has 1 rings (SSSR count). The highest BCUT2D eigenvalue weighted by Crippen LogP contribution is 2.25. The lowest BCUT2D eigenvalue weighted by molar-refractivity contribution is -0.00882. The molecule has 0 saturated heterocycles. The molecule has 0 aliphatic rings. The molecule has 0 unspecified atom stereocenters. The Morgan fingerprint density at radius 1 is 1.41 bits per heavy atom. The van der Waals surface area contributed by atoms with Crippen molar-refractivity contribution < 1.29 is 19.0 Å². The predicted molar refractivity (Wildman–Crippen MR) is 66.0 cm³/mol. The molecule has 0 radical (unpaired) electrons. The number of benzene rings is 1. The number of carbonyl (C=O) groups is 1. The van der Waals surface area contributed by atoms with Gasteiger partial charge in [-0.3, -0.25) is 4.79 Å². The van der Waals surface area contributed by atoms with Gasteiger partial charge in [-0.05, 0) is 34.1 Å². The van der Waals surface area contributed by atoms with Gasteiger partial charge in [0.15, 0.2) is 6.79 Å². The lowest BCUT2D eigenvalue weighted by Crippen LogP contribution is -2.12. The van der Waals surface area contributed by atoms with E-state index in [1.165, 1.54) is 0 Å². The second-order valence-electron chi connectivity index (χ2n) is 3.17. The Hall–Kier alpha value is -1.11. The fraction of sp³-hybridized carbons (Fsp3) is 0.364. The van der Waals surface area contributed by atoms with Crippen molar-refractivity contribution in [1.82, 2.24) is 0 Å². The Bertz CT molecular complexity index is 384. The van der Waals surface area contributed by atoms with E-state index in [4.69, 9.17) is 19.9 Å². The number of primary amides is 1. The van der Waals surface area contributed by atoms with Crippen molar-refractivity contribution in [3.8, 4) is 5.75 Å². The van der Waals surface area contributed by atoms with Gasteiger partial charge in [0.2, 0.25) is 5.91 Å². The number of methoxy groups -OCH3 is 1. The van der Waals surface area contributed by atoms with Gasteiger partial charge >= 0.3 is 0 Å². The molecule has 1 amide bonds. The molecule has 6 heteroatoms. The van der Waals surface area contributed by atoms with E-state index >= 15 is 0 Å². The van der Waals surface area contributed by atoms with Crippen LogP contribution in [0.2, 0.25) is 0 Å². The van der Waals surface area contributed by atoms with Crippen LogP contribution in [0.4, 0.5) is 0 Å². The molecule has 0 spiro atoms. The van der Waals surface area contributed by atoms with Gasteiger partial charge in [0.1, 0.15) is 5.75 Å². The maximum Gasteiger partial charge on any atom is 0.248 e. The minimum atomic E-state index is -0.498. The van der Waals surface area contributed by atoms with Gasteiger partial charge in [-0.2, -0.15) is 0 Å². The first-order valence-electron chi connectivity index (χ1n) is 4.94. The summed E-state index contributed by atoms with van der Waals surface area (Å²) in [5.74, 6) is 0.0152. The van der Waals surface area contributed by atoms with Crippen LogP contribution in [0, 0.1) is 0 Å². The van der Waals surface area contributed by atoms with Crippen LogP contribution in [0.5, 0.6) is 5.75 Å². The minimum absolute atomic E-state index is 0.0875. The van der Waals surface area contributed by atoms with Gasteiger partial charge in [-0.15, -0.1) is 0 Å². The fourth-order valence-corrected chi connectivity index (χ4v) is 1.43. The van der Waals surface area contributed by atoms with Crippen molar-refractivity contribution in [2.45, 2.75) is 0 Å². The fourth-order valence-electron chi connectivity index (χ4n) is 1.07. The van der Waals surface area contributed by atoms with Crippen LogP contribution in [0.3, 0.4) is 0 Å². The molecule has 0 aliphatic heterocycles. The molecule has 0 saturated carbocycles. The van der Waals surface area contributed by atoms with E-state index in [0.717, 1.165) is 4.47 Å². The Morgan fingerprint density at radius 3 is 2.82 bits per heavy atom. The lowest BCUT2D eigenvalue weighted by atomic mass is 10.2. The normalized spacial score (nSPS) is 10.2. The molecular weight excluding hydrogens is 290 g/mol. The molecule has 5 nitrogen and oxygen atoms in total. The van der Waals surface area contributed by atoms with Crippen LogP contribution in [0.1, 0.15) is 10.4 Å². The summed E-state index contributed by atoms with van der Waals surface area (Å²) < 4.78 is 16.0. The smallest absolute Gasteiger partial charge is 0.248 e. The third-order valence-corrected chi connectivity index (χ3v) is 2.60. The summed E-state index contributed by atoms with van der Waals surface area (Å²) in [5.41, 5.74) is 5.56. The van der Waals surface area contributed by atoms with E-state index in [1.54, 1.807) is 25.3 Å². The van der Waals surface area contributed by atoms with Crippen LogP contribution in [-0.4, -0.2) is 33.0 Å². The van der Waals surface area contributed by atoms with Crippen LogP contribution in [-0.2, 0) is 9.47 Å². The summed E-state index contributed by atoms with van der Waals surface area (Å²) in [5, 5.41) is 0. The molecule has 0 aliphatic carbocycles. The van der Waals surface area contributed by atoms with Gasteiger partial charge in [-0.25, -0.2) is 0 Å². The highest BCUT2D eigenvalue weighted by molar-refractivity contribution is 9.10. The van der Waals surface area contributed by atoms with E-state index in [-0.39, 0.29) is 6.79 Å². The quantitative estimate of drug-likeness (QED) is 0.613. The third-order valence-electron chi connectivity index (χ3n) is 1.95. The highest BCUT2D eigenvalue weighted by Gasteiger charge is 2.06. The van der Waals surface area contributed by atoms with Crippen molar-refractivity contribution >= 4 is 21.8 Å². The average molecular weight is 304 g/mol. The van der Waals surface area contributed by atoms with Gasteiger partial charge in [0.25, 0.3) is 0 Å². The van der Waals surface area contributed by atoms with Gasteiger partial charge in [0.05, 0.1) is 17.7 Å². The summed E-state index contributed by atoms with van der Waals surface area (Å²) >= 11 is 3.31. The van der Waals surface area contributed by atoms with Crippen LogP contribution in [0.25, 0.3) is 0 Å². The SMILES string of the molecule is COCCOCOc1cc(C(N)=O)ccc1Br. The minimum Gasteiger partial charge on any atom is -0.466 e. The summed E-state index contributed by atoms with van der Waals surface area (Å²) in [6.07, 6.45) is 0. The zero-order chi connectivity index (χ0) is 12.7. The Kier molecular flexibility index (Phi) is 5.96. The first-order valence-corrected chi connectivity index (χ1v) is 5.73. The maximum atomic E-state index is 11.0. The predicted octanol–water partition coefficient (Wildman–Crippen LogP) is 1.55. The number of carbonyl (C=O) groups excluding carboxylic acids is 1. The van der Waals surface area contributed by atoms with Crippen molar-refractivity contribution in [3.63, 3.8) is 0 Å². The molecule has 1 aromatic rings. The number of hydrogen-bond donors (Lipinski definition) is 1. The molecule has 17 heavy (non-hydrogen) atoms. The molecular formula is C11H14BrNO4. The van der Waals surface area contributed by atoms with Crippen LogP contribution in [0.15, 0.2) is 22.7 Å². The number of halogens is 1. The molecule has 1 aromatic carbocycles. The van der Waals surface area contributed by atoms with E-state index in [0.29, 0.717) is 24.5 Å². The largest absolute Gasteiger partial charge is 0.466 e. The van der Waals surface area contributed by atoms with Crippen LogP contribution < -0.4 is 10.5 Å². The number of amides is 1. The first kappa shape index (κ1) is 14.0. The third kappa shape index (κ3) is 4.72. The Labute approximate surface area is 108 Å². The Balaban J connectivity index is 2.51. The summed E-state index contributed by atoms with van der Waals surface area (Å²) in [4.78, 5) is 11.0. The van der Waals surface area contributed by atoms with Crippen molar-refractivity contribution in [3.05, 3.63) is 28.2 Å². The molecule has 0 heterocycles. The summed E-state index contributed by atoms with van der Waals surface area (Å²) in [7, 11) is 1.59. The molecule has 94 valence electrons. The maximum absolute atomic E-state index is 11.0. The zero-order valence-electron chi connectivity index (χ0n) is 9.44. The van der Waals surface area contributed by atoms with Crippen molar-refractivity contribution in [2.24, 2.45) is 5.73 Å². The van der Waals surface area contributed by atoms with E-state index < -0.39 is 5.91 Å². The van der Waals surface area contributed by atoms with Crippen LogP contribution >= 0.6 is 15.9 Å². The number of hydrogen-bond acceptors (Lipinski definition) is 4. The highest BCUT2D eigenvalue weighted by atomic mass is 79.9. The molecule has 0 fully saturated rings. The van der Waals surface area contributed by atoms with E-state index in [9.17, 15) is 4.79 Å². The van der Waals surface area contributed by atoms with Crippen molar-refractivity contribution in [1.29, 1.82) is 0 Å². The zero-order valence-corrected chi connectivity index (χ0v) is 11.0. The second kappa shape index (κ2) is 7.26. The molecule has 0 aromatic heterocycles. The topological polar surface area (TPSA) is 70.8 Å². The lowest BCUT2D eigenvalue weighted by Gasteiger charge is -2.09. The van der Waals surface area contributed by atoms with E-state index in [1.807, 2.05) is 0 Å². The first-order chi connectivity index (χ1) is 8.15. The summed E-state index contributed by atoms with van der Waals surface area (Å²) in [6, 6.07) is 4.88. The number of ether oxygens (including phenoxy) is 3. The van der Waals surface area contributed by atoms with Gasteiger partial charge < -0.3 is 19.9 Å². The second-order valence-corrected chi connectivity index (χ2v) is 4.03. The molecule has 2 N–H and O–H groups in total.